The Kier molecular flexibility index (Phi) is 4.15. The van der Waals surface area contributed by atoms with Crippen LogP contribution in [0.1, 0.15) is 21.5 Å². The van der Waals surface area contributed by atoms with Gasteiger partial charge in [-0.3, -0.25) is 0 Å². The van der Waals surface area contributed by atoms with Crippen molar-refractivity contribution in [2.45, 2.75) is 13.5 Å². The monoisotopic (exact) mass is 291 g/mol. The number of anilines is 1. The fraction of sp³-hybridized carbons (Fsp3) is 0.133. The predicted molar refractivity (Wildman–Crippen MR) is 78.3 cm³/mol. The lowest BCUT2D eigenvalue weighted by atomic mass is 10.1. The summed E-state index contributed by atoms with van der Waals surface area (Å²) in [7, 11) is 0. The lowest BCUT2D eigenvalue weighted by molar-refractivity contribution is 0.0693. The number of halogens is 1. The fourth-order valence-corrected chi connectivity index (χ4v) is 2.10. The van der Waals surface area contributed by atoms with E-state index in [1.807, 2.05) is 12.1 Å². The molecule has 0 atom stereocenters. The van der Waals surface area contributed by atoms with E-state index in [9.17, 15) is 9.90 Å². The average Bonchev–Trinajstić information content (AvgIpc) is 2.39. The fourth-order valence-electron chi connectivity index (χ4n) is 1.89. The second-order valence-corrected chi connectivity index (χ2v) is 4.84. The van der Waals surface area contributed by atoms with Crippen LogP contribution in [-0.4, -0.2) is 11.1 Å². The van der Waals surface area contributed by atoms with E-state index in [-0.39, 0.29) is 23.6 Å². The van der Waals surface area contributed by atoms with Crippen molar-refractivity contribution >= 4 is 23.3 Å². The molecule has 0 heterocycles. The average molecular weight is 292 g/mol. The van der Waals surface area contributed by atoms with E-state index in [1.165, 1.54) is 0 Å². The lowest BCUT2D eigenvalue weighted by Gasteiger charge is -2.14. The maximum absolute atomic E-state index is 11.3. The second-order valence-electron chi connectivity index (χ2n) is 4.40. The molecule has 4 nitrogen and oxygen atoms in total. The number of carboxylic acid groups (broad SMARTS) is 1. The van der Waals surface area contributed by atoms with Crippen LogP contribution < -0.4 is 10.5 Å². The Hall–Kier alpha value is -2.20. The first-order chi connectivity index (χ1) is 9.49. The molecule has 2 aromatic rings. The normalized spacial score (nSPS) is 10.3. The van der Waals surface area contributed by atoms with Gasteiger partial charge in [0.25, 0.3) is 0 Å². The van der Waals surface area contributed by atoms with Gasteiger partial charge in [-0.25, -0.2) is 4.79 Å². The van der Waals surface area contributed by atoms with Crippen LogP contribution in [0.2, 0.25) is 5.02 Å². The molecule has 5 heteroatoms. The quantitative estimate of drug-likeness (QED) is 0.846. The van der Waals surface area contributed by atoms with Gasteiger partial charge >= 0.3 is 5.97 Å². The van der Waals surface area contributed by atoms with Crippen LogP contribution in [0.4, 0.5) is 5.69 Å². The molecular formula is C15H14ClNO3. The van der Waals surface area contributed by atoms with Gasteiger partial charge in [0.05, 0.1) is 0 Å². The number of nitrogen functional groups attached to an aromatic ring is 1. The summed E-state index contributed by atoms with van der Waals surface area (Å²) in [5, 5.41) is 9.84. The molecule has 0 saturated heterocycles. The zero-order valence-corrected chi connectivity index (χ0v) is 11.6. The van der Waals surface area contributed by atoms with Crippen molar-refractivity contribution in [3.05, 3.63) is 58.1 Å². The van der Waals surface area contributed by atoms with E-state index in [0.717, 1.165) is 11.1 Å². The van der Waals surface area contributed by atoms with Crippen LogP contribution >= 0.6 is 11.6 Å². The number of aromatic carboxylic acids is 1. The van der Waals surface area contributed by atoms with Crippen LogP contribution in [-0.2, 0) is 6.61 Å². The molecule has 0 radical (unpaired) electrons. The van der Waals surface area contributed by atoms with Crippen LogP contribution in [0.5, 0.6) is 5.75 Å². The maximum atomic E-state index is 11.3. The number of benzene rings is 2. The number of carbonyl (C=O) groups is 1. The molecule has 0 fully saturated rings. The number of carboxylic acids is 1. The third-order valence-corrected chi connectivity index (χ3v) is 3.11. The number of hydrogen-bond donors (Lipinski definition) is 2. The summed E-state index contributed by atoms with van der Waals surface area (Å²) in [6.07, 6.45) is 0. The Morgan fingerprint density at radius 1 is 1.35 bits per heavy atom. The summed E-state index contributed by atoms with van der Waals surface area (Å²) in [6, 6.07) is 10.5. The summed E-state index contributed by atoms with van der Waals surface area (Å²) in [4.78, 5) is 11.3. The Morgan fingerprint density at radius 2 is 2.10 bits per heavy atom. The van der Waals surface area contributed by atoms with Crippen molar-refractivity contribution in [2.24, 2.45) is 0 Å². The van der Waals surface area contributed by atoms with Gasteiger partial charge in [-0.15, -0.1) is 0 Å². The van der Waals surface area contributed by atoms with E-state index < -0.39 is 5.97 Å². The molecule has 0 aromatic heterocycles. The molecule has 0 saturated carbocycles. The lowest BCUT2D eigenvalue weighted by Crippen LogP contribution is -2.08. The molecule has 0 spiro atoms. The van der Waals surface area contributed by atoms with E-state index in [1.54, 1.807) is 31.2 Å². The van der Waals surface area contributed by atoms with Gasteiger partial charge in [-0.1, -0.05) is 29.8 Å². The molecule has 104 valence electrons. The van der Waals surface area contributed by atoms with Crippen LogP contribution in [0.3, 0.4) is 0 Å². The third-order valence-electron chi connectivity index (χ3n) is 2.87. The molecule has 0 aliphatic heterocycles. The highest BCUT2D eigenvalue weighted by Crippen LogP contribution is 2.29. The molecule has 20 heavy (non-hydrogen) atoms. The Balaban J connectivity index is 2.29. The van der Waals surface area contributed by atoms with Crippen molar-refractivity contribution in [1.82, 2.24) is 0 Å². The van der Waals surface area contributed by atoms with E-state index in [0.29, 0.717) is 5.02 Å². The van der Waals surface area contributed by atoms with E-state index in [4.69, 9.17) is 22.1 Å². The predicted octanol–water partition coefficient (Wildman–Crippen LogP) is 3.51. The van der Waals surface area contributed by atoms with Gasteiger partial charge in [-0.05, 0) is 36.2 Å². The molecule has 2 aromatic carbocycles. The third kappa shape index (κ3) is 3.03. The van der Waals surface area contributed by atoms with Crippen LogP contribution in [0, 0.1) is 6.92 Å². The number of hydrogen-bond acceptors (Lipinski definition) is 3. The first-order valence-corrected chi connectivity index (χ1v) is 6.36. The minimum absolute atomic E-state index is 0.00738. The van der Waals surface area contributed by atoms with Crippen molar-refractivity contribution in [3.63, 3.8) is 0 Å². The number of nitrogens with two attached hydrogens (primary N) is 1. The number of rotatable bonds is 4. The zero-order chi connectivity index (χ0) is 14.7. The highest BCUT2D eigenvalue weighted by atomic mass is 35.5. The first-order valence-electron chi connectivity index (χ1n) is 5.98. The van der Waals surface area contributed by atoms with Gasteiger partial charge < -0.3 is 15.6 Å². The maximum Gasteiger partial charge on any atom is 0.341 e. The molecular weight excluding hydrogens is 278 g/mol. The Labute approximate surface area is 121 Å². The molecule has 0 aliphatic carbocycles. The van der Waals surface area contributed by atoms with Gasteiger partial charge in [0.1, 0.15) is 17.9 Å². The molecule has 0 amide bonds. The second kappa shape index (κ2) is 5.84. The Morgan fingerprint density at radius 3 is 2.75 bits per heavy atom. The largest absolute Gasteiger partial charge is 0.488 e. The highest BCUT2D eigenvalue weighted by Gasteiger charge is 2.17. The van der Waals surface area contributed by atoms with Gasteiger partial charge in [0.15, 0.2) is 0 Å². The zero-order valence-electron chi connectivity index (χ0n) is 10.9. The summed E-state index contributed by atoms with van der Waals surface area (Å²) in [5.74, 6) is -0.815. The van der Waals surface area contributed by atoms with Gasteiger partial charge in [0.2, 0.25) is 0 Å². The molecule has 0 aliphatic rings. The van der Waals surface area contributed by atoms with Crippen molar-refractivity contribution < 1.29 is 14.6 Å². The van der Waals surface area contributed by atoms with Crippen LogP contribution in [0.25, 0.3) is 0 Å². The summed E-state index contributed by atoms with van der Waals surface area (Å²) < 4.78 is 5.63. The highest BCUT2D eigenvalue weighted by molar-refractivity contribution is 6.30. The van der Waals surface area contributed by atoms with Crippen molar-refractivity contribution in [2.75, 3.05) is 5.73 Å². The van der Waals surface area contributed by atoms with Gasteiger partial charge in [0, 0.05) is 10.7 Å². The number of ether oxygens (including phenoxy) is 1. The van der Waals surface area contributed by atoms with Gasteiger partial charge in [-0.2, -0.15) is 0 Å². The molecule has 0 bridgehead atoms. The van der Waals surface area contributed by atoms with Crippen molar-refractivity contribution in [1.29, 1.82) is 0 Å². The summed E-state index contributed by atoms with van der Waals surface area (Å²) in [5.41, 5.74) is 7.46. The smallest absolute Gasteiger partial charge is 0.341 e. The SMILES string of the molecule is Cc1ccc(N)c(C(=O)O)c1OCc1cccc(Cl)c1. The summed E-state index contributed by atoms with van der Waals surface area (Å²) in [6.45, 7) is 2.00. The Bertz CT molecular complexity index is 656. The number of aryl methyl sites for hydroxylation is 1. The minimum Gasteiger partial charge on any atom is -0.488 e. The van der Waals surface area contributed by atoms with Crippen LogP contribution in [0.15, 0.2) is 36.4 Å². The standard InChI is InChI=1S/C15H14ClNO3/c1-9-5-6-12(17)13(15(18)19)14(9)20-8-10-3-2-4-11(16)7-10/h2-7H,8,17H2,1H3,(H,18,19). The summed E-state index contributed by atoms with van der Waals surface area (Å²) >= 11 is 5.90. The minimum atomic E-state index is -1.10. The molecule has 2 rings (SSSR count). The van der Waals surface area contributed by atoms with Crippen molar-refractivity contribution in [3.8, 4) is 5.75 Å². The molecule has 3 N–H and O–H groups in total. The first kappa shape index (κ1) is 14.2. The van der Waals surface area contributed by atoms with E-state index in [2.05, 4.69) is 0 Å². The van der Waals surface area contributed by atoms with E-state index >= 15 is 0 Å². The molecule has 0 unspecified atom stereocenters. The topological polar surface area (TPSA) is 72.6 Å².